The third kappa shape index (κ3) is 5.99. The number of benzene rings is 2. The number of hydrogen-bond acceptors (Lipinski definition) is 4. The van der Waals surface area contributed by atoms with Gasteiger partial charge in [-0.1, -0.05) is 0 Å². The van der Waals surface area contributed by atoms with Crippen molar-refractivity contribution in [3.8, 4) is 5.75 Å². The highest BCUT2D eigenvalue weighted by molar-refractivity contribution is 14.0. The lowest BCUT2D eigenvalue weighted by Crippen LogP contribution is -2.51. The predicted molar refractivity (Wildman–Crippen MR) is 131 cm³/mol. The molecule has 31 heavy (non-hydrogen) atoms. The Morgan fingerprint density at radius 2 is 1.84 bits per heavy atom. The summed E-state index contributed by atoms with van der Waals surface area (Å²) in [5.74, 6) is 1.12. The molecule has 0 unspecified atom stereocenters. The van der Waals surface area contributed by atoms with Crippen LogP contribution in [0.3, 0.4) is 0 Å². The lowest BCUT2D eigenvalue weighted by molar-refractivity contribution is -0.116. The van der Waals surface area contributed by atoms with Crippen LogP contribution in [0.4, 0.5) is 15.8 Å². The van der Waals surface area contributed by atoms with Crippen LogP contribution in [0.25, 0.3) is 0 Å². The van der Waals surface area contributed by atoms with Gasteiger partial charge in [0.1, 0.15) is 18.2 Å². The SMILES string of the molecule is I.NC(=NCCOc1ccc2c(c1)CCC(=O)N2)N1CCN(c2ccc(F)cc2)CC1. The van der Waals surface area contributed by atoms with Gasteiger partial charge >= 0.3 is 0 Å². The summed E-state index contributed by atoms with van der Waals surface area (Å²) in [5.41, 5.74) is 9.12. The topological polar surface area (TPSA) is 83.2 Å². The Morgan fingerprint density at radius 1 is 1.10 bits per heavy atom. The molecule has 1 fully saturated rings. The molecule has 3 N–H and O–H groups in total. The van der Waals surface area contributed by atoms with E-state index in [-0.39, 0.29) is 35.7 Å². The summed E-state index contributed by atoms with van der Waals surface area (Å²) in [6.45, 7) is 4.06. The van der Waals surface area contributed by atoms with Gasteiger partial charge in [0.05, 0.1) is 6.54 Å². The summed E-state index contributed by atoms with van der Waals surface area (Å²) in [6, 6.07) is 12.3. The molecular weight excluding hydrogens is 512 g/mol. The van der Waals surface area contributed by atoms with Crippen molar-refractivity contribution in [2.45, 2.75) is 12.8 Å². The minimum absolute atomic E-state index is 0. The normalized spacial score (nSPS) is 16.3. The Labute approximate surface area is 198 Å². The molecule has 2 heterocycles. The number of aliphatic imine (C=N–C) groups is 1. The molecule has 0 radical (unpaired) electrons. The Bertz CT molecular complexity index is 930. The fourth-order valence-electron chi connectivity index (χ4n) is 3.72. The second-order valence-corrected chi connectivity index (χ2v) is 7.41. The van der Waals surface area contributed by atoms with Crippen LogP contribution in [0, 0.1) is 5.82 Å². The van der Waals surface area contributed by atoms with E-state index >= 15 is 0 Å². The molecule has 7 nitrogen and oxygen atoms in total. The first-order valence-corrected chi connectivity index (χ1v) is 10.2. The zero-order chi connectivity index (χ0) is 20.9. The predicted octanol–water partition coefficient (Wildman–Crippen LogP) is 2.84. The Hall–Kier alpha value is -2.56. The molecule has 0 spiro atoms. The summed E-state index contributed by atoms with van der Waals surface area (Å²) in [5, 5.41) is 2.86. The van der Waals surface area contributed by atoms with Gasteiger partial charge in [0.2, 0.25) is 5.91 Å². The number of hydrogen-bond donors (Lipinski definition) is 2. The average molecular weight is 539 g/mol. The average Bonchev–Trinajstić information content (AvgIpc) is 2.77. The van der Waals surface area contributed by atoms with Crippen molar-refractivity contribution in [2.24, 2.45) is 10.7 Å². The van der Waals surface area contributed by atoms with E-state index in [1.165, 1.54) is 12.1 Å². The second-order valence-electron chi connectivity index (χ2n) is 7.41. The van der Waals surface area contributed by atoms with E-state index < -0.39 is 0 Å². The van der Waals surface area contributed by atoms with Crippen LogP contribution < -0.4 is 20.7 Å². The fraction of sp³-hybridized carbons (Fsp3) is 0.364. The third-order valence-electron chi connectivity index (χ3n) is 5.40. The maximum Gasteiger partial charge on any atom is 0.224 e. The van der Waals surface area contributed by atoms with Crippen molar-refractivity contribution >= 4 is 47.2 Å². The van der Waals surface area contributed by atoms with E-state index in [0.29, 0.717) is 25.5 Å². The molecule has 1 amide bonds. The molecule has 2 aliphatic heterocycles. The number of anilines is 2. The zero-order valence-electron chi connectivity index (χ0n) is 17.2. The Kier molecular flexibility index (Phi) is 7.94. The summed E-state index contributed by atoms with van der Waals surface area (Å²) in [6.07, 6.45) is 1.24. The highest BCUT2D eigenvalue weighted by atomic mass is 127. The highest BCUT2D eigenvalue weighted by Gasteiger charge is 2.18. The van der Waals surface area contributed by atoms with Crippen LogP contribution >= 0.6 is 24.0 Å². The summed E-state index contributed by atoms with van der Waals surface area (Å²) in [7, 11) is 0. The molecule has 0 atom stereocenters. The first kappa shape index (κ1) is 23.1. The summed E-state index contributed by atoms with van der Waals surface area (Å²) >= 11 is 0. The van der Waals surface area contributed by atoms with Crippen molar-refractivity contribution < 1.29 is 13.9 Å². The largest absolute Gasteiger partial charge is 0.492 e. The number of carbonyl (C=O) groups is 1. The van der Waals surface area contributed by atoms with Crippen molar-refractivity contribution in [3.63, 3.8) is 0 Å². The maximum absolute atomic E-state index is 13.1. The lowest BCUT2D eigenvalue weighted by Gasteiger charge is -2.36. The first-order chi connectivity index (χ1) is 14.6. The van der Waals surface area contributed by atoms with Crippen molar-refractivity contribution in [3.05, 3.63) is 53.8 Å². The second kappa shape index (κ2) is 10.7. The van der Waals surface area contributed by atoms with Gasteiger partial charge in [0.15, 0.2) is 5.96 Å². The number of nitrogens with two attached hydrogens (primary N) is 1. The molecule has 2 aromatic carbocycles. The standard InChI is InChI=1S/C22H26FN5O2.HI/c23-17-2-4-18(5-3-17)27-10-12-28(13-11-27)22(24)25-9-14-30-19-6-7-20-16(15-19)1-8-21(29)26-20;/h2-7,15H,1,8-14H2,(H2,24,25)(H,26,29);1H. The van der Waals surface area contributed by atoms with Gasteiger partial charge in [-0.15, -0.1) is 24.0 Å². The zero-order valence-corrected chi connectivity index (χ0v) is 19.6. The van der Waals surface area contributed by atoms with Gasteiger partial charge < -0.3 is 25.6 Å². The van der Waals surface area contributed by atoms with E-state index in [4.69, 9.17) is 10.5 Å². The van der Waals surface area contributed by atoms with E-state index in [0.717, 1.165) is 55.3 Å². The molecule has 2 aliphatic rings. The van der Waals surface area contributed by atoms with E-state index in [9.17, 15) is 9.18 Å². The van der Waals surface area contributed by atoms with Crippen LogP contribution in [0.5, 0.6) is 5.75 Å². The lowest BCUT2D eigenvalue weighted by atomic mass is 10.0. The molecule has 0 aliphatic carbocycles. The van der Waals surface area contributed by atoms with Crippen molar-refractivity contribution in [2.75, 3.05) is 49.5 Å². The van der Waals surface area contributed by atoms with Crippen LogP contribution in [0.15, 0.2) is 47.5 Å². The molecule has 9 heteroatoms. The Morgan fingerprint density at radius 3 is 2.58 bits per heavy atom. The summed E-state index contributed by atoms with van der Waals surface area (Å²) in [4.78, 5) is 20.1. The van der Waals surface area contributed by atoms with Crippen LogP contribution in [0.2, 0.25) is 0 Å². The van der Waals surface area contributed by atoms with Crippen molar-refractivity contribution in [1.29, 1.82) is 0 Å². The molecule has 1 saturated heterocycles. The van der Waals surface area contributed by atoms with Gasteiger partial charge in [0, 0.05) is 44.0 Å². The fourth-order valence-corrected chi connectivity index (χ4v) is 3.72. The quantitative estimate of drug-likeness (QED) is 0.265. The summed E-state index contributed by atoms with van der Waals surface area (Å²) < 4.78 is 18.9. The number of nitrogens with one attached hydrogen (secondary N) is 1. The minimum atomic E-state index is -0.224. The number of rotatable bonds is 5. The van der Waals surface area contributed by atoms with Crippen LogP contribution in [0.1, 0.15) is 12.0 Å². The number of aryl methyl sites for hydroxylation is 1. The number of carbonyl (C=O) groups excluding carboxylic acids is 1. The number of piperazine rings is 1. The molecule has 0 aromatic heterocycles. The molecule has 4 rings (SSSR count). The highest BCUT2D eigenvalue weighted by Crippen LogP contribution is 2.26. The smallest absolute Gasteiger partial charge is 0.224 e. The van der Waals surface area contributed by atoms with Gasteiger partial charge in [-0.05, 0) is 54.4 Å². The minimum Gasteiger partial charge on any atom is -0.492 e. The van der Waals surface area contributed by atoms with Gasteiger partial charge in [-0.25, -0.2) is 9.38 Å². The van der Waals surface area contributed by atoms with Gasteiger partial charge in [-0.3, -0.25) is 4.79 Å². The molecule has 166 valence electrons. The number of halogens is 2. The molecular formula is C22H27FIN5O2. The van der Waals surface area contributed by atoms with E-state index in [1.807, 2.05) is 18.2 Å². The Balaban J connectivity index is 0.00000272. The number of guanidine groups is 1. The number of ether oxygens (including phenoxy) is 1. The first-order valence-electron chi connectivity index (χ1n) is 10.2. The van der Waals surface area contributed by atoms with E-state index in [1.54, 1.807) is 12.1 Å². The number of nitrogens with zero attached hydrogens (tertiary/aromatic N) is 3. The molecule has 0 bridgehead atoms. The van der Waals surface area contributed by atoms with E-state index in [2.05, 4.69) is 20.1 Å². The third-order valence-corrected chi connectivity index (χ3v) is 5.40. The molecule has 0 saturated carbocycles. The van der Waals surface area contributed by atoms with Crippen LogP contribution in [-0.2, 0) is 11.2 Å². The van der Waals surface area contributed by atoms with Crippen molar-refractivity contribution in [1.82, 2.24) is 4.90 Å². The number of amides is 1. The van der Waals surface area contributed by atoms with Gasteiger partial charge in [0.25, 0.3) is 0 Å². The maximum atomic E-state index is 13.1. The van der Waals surface area contributed by atoms with Crippen LogP contribution in [-0.4, -0.2) is 56.1 Å². The monoisotopic (exact) mass is 539 g/mol. The number of fused-ring (bicyclic) bond motifs is 1. The molecule has 2 aromatic rings. The van der Waals surface area contributed by atoms with Gasteiger partial charge in [-0.2, -0.15) is 0 Å².